The van der Waals surface area contributed by atoms with Crippen LogP contribution in [0.5, 0.6) is 0 Å². The Hall–Kier alpha value is -4.27. The quantitative estimate of drug-likeness (QED) is 0.0895. The molecule has 8 nitrogen and oxygen atoms in total. The van der Waals surface area contributed by atoms with Gasteiger partial charge in [0.2, 0.25) is 0 Å². The van der Waals surface area contributed by atoms with Crippen molar-refractivity contribution < 1.29 is 19.0 Å². The second-order valence-electron chi connectivity index (χ2n) is 11.1. The molecule has 0 saturated carbocycles. The minimum absolute atomic E-state index is 0.155. The SMILES string of the molecule is Cc1ccc(SC2O[C@H]([C@H](C)N(Cc3ccccc3)C(=O)OCc3ccccc3)[C@@H](OCc3ccccc3)C[C@H]2N=[N+]=[N-])cc1. The summed E-state index contributed by atoms with van der Waals surface area (Å²) in [5, 5.41) is 4.14. The average molecular weight is 623 g/mol. The molecule has 0 aromatic heterocycles. The van der Waals surface area contributed by atoms with E-state index in [-0.39, 0.29) is 6.61 Å². The molecular weight excluding hydrogens is 584 g/mol. The molecular formula is C36H38N4O4S. The predicted octanol–water partition coefficient (Wildman–Crippen LogP) is 8.69. The molecule has 1 fully saturated rings. The molecule has 5 atom stereocenters. The molecule has 0 aliphatic carbocycles. The van der Waals surface area contributed by atoms with Crippen LogP contribution in [0.4, 0.5) is 4.79 Å². The number of carbonyl (C=O) groups is 1. The number of hydrogen-bond donors (Lipinski definition) is 0. The van der Waals surface area contributed by atoms with Gasteiger partial charge in [0.15, 0.2) is 0 Å². The number of aryl methyl sites for hydroxylation is 1. The van der Waals surface area contributed by atoms with E-state index >= 15 is 0 Å². The monoisotopic (exact) mass is 622 g/mol. The molecule has 1 amide bonds. The van der Waals surface area contributed by atoms with Crippen LogP contribution >= 0.6 is 11.8 Å². The molecule has 5 rings (SSSR count). The van der Waals surface area contributed by atoms with Crippen molar-refractivity contribution in [2.45, 2.75) is 74.6 Å². The number of thioether (sulfide) groups is 1. The molecule has 232 valence electrons. The van der Waals surface area contributed by atoms with E-state index in [2.05, 4.69) is 10.0 Å². The molecule has 4 aromatic rings. The van der Waals surface area contributed by atoms with Crippen LogP contribution in [0.25, 0.3) is 10.4 Å². The van der Waals surface area contributed by atoms with E-state index in [4.69, 9.17) is 14.2 Å². The van der Waals surface area contributed by atoms with Crippen molar-refractivity contribution in [3.05, 3.63) is 148 Å². The minimum Gasteiger partial charge on any atom is -0.445 e. The number of nitrogens with zero attached hydrogens (tertiary/aromatic N) is 4. The molecule has 4 aromatic carbocycles. The van der Waals surface area contributed by atoms with Crippen LogP contribution in [-0.4, -0.2) is 40.7 Å². The van der Waals surface area contributed by atoms with E-state index < -0.39 is 35.8 Å². The van der Waals surface area contributed by atoms with E-state index in [0.717, 1.165) is 27.1 Å². The highest BCUT2D eigenvalue weighted by Crippen LogP contribution is 2.38. The van der Waals surface area contributed by atoms with Gasteiger partial charge in [-0.15, -0.1) is 0 Å². The van der Waals surface area contributed by atoms with Gasteiger partial charge in [0.05, 0.1) is 24.8 Å². The lowest BCUT2D eigenvalue weighted by atomic mass is 9.95. The second kappa shape index (κ2) is 16.2. The van der Waals surface area contributed by atoms with Crippen LogP contribution < -0.4 is 0 Å². The van der Waals surface area contributed by atoms with Crippen LogP contribution in [0.1, 0.15) is 35.6 Å². The summed E-state index contributed by atoms with van der Waals surface area (Å²) in [6.07, 6.45) is -0.991. The normalized spacial score (nSPS) is 20.0. The summed E-state index contributed by atoms with van der Waals surface area (Å²) in [6.45, 7) is 4.85. The van der Waals surface area contributed by atoms with Crippen LogP contribution in [0.15, 0.2) is 125 Å². The van der Waals surface area contributed by atoms with Gasteiger partial charge >= 0.3 is 6.09 Å². The Balaban J connectivity index is 1.43. The average Bonchev–Trinajstić information content (AvgIpc) is 3.08. The fourth-order valence-corrected chi connectivity index (χ4v) is 6.41. The van der Waals surface area contributed by atoms with Gasteiger partial charge < -0.3 is 14.2 Å². The standard InChI is InChI=1S/C36H38N4O4S/c1-26-18-20-31(21-19-26)45-35-32(38-39-37)22-33(42-24-29-14-8-4-9-15-29)34(44-35)27(2)40(23-28-12-6-3-7-13-28)36(41)43-25-30-16-10-5-11-17-30/h3-21,27,32-35H,22-25H2,1-2H3/t27-,32+,33-,34+,35?/m0/s1. The van der Waals surface area contributed by atoms with Crippen molar-refractivity contribution in [1.29, 1.82) is 0 Å². The van der Waals surface area contributed by atoms with Gasteiger partial charge in [-0.1, -0.05) is 126 Å². The molecule has 0 bridgehead atoms. The Labute approximate surface area is 268 Å². The van der Waals surface area contributed by atoms with E-state index in [9.17, 15) is 10.3 Å². The zero-order chi connectivity index (χ0) is 31.4. The lowest BCUT2D eigenvalue weighted by Crippen LogP contribution is -2.56. The highest BCUT2D eigenvalue weighted by atomic mass is 32.2. The van der Waals surface area contributed by atoms with Gasteiger partial charge in [-0.3, -0.25) is 4.90 Å². The van der Waals surface area contributed by atoms with Gasteiger partial charge in [0, 0.05) is 16.4 Å². The summed E-state index contributed by atoms with van der Waals surface area (Å²) in [7, 11) is 0. The first kappa shape index (κ1) is 32.1. The van der Waals surface area contributed by atoms with Crippen molar-refractivity contribution in [2.75, 3.05) is 0 Å². The third kappa shape index (κ3) is 9.12. The van der Waals surface area contributed by atoms with Crippen molar-refractivity contribution in [3.8, 4) is 0 Å². The van der Waals surface area contributed by atoms with Crippen molar-refractivity contribution >= 4 is 17.9 Å². The number of azide groups is 1. The lowest BCUT2D eigenvalue weighted by molar-refractivity contribution is -0.149. The van der Waals surface area contributed by atoms with E-state index in [1.54, 1.807) is 4.90 Å². The van der Waals surface area contributed by atoms with Gasteiger partial charge in [-0.2, -0.15) is 0 Å². The first-order valence-corrected chi connectivity index (χ1v) is 16.0. The van der Waals surface area contributed by atoms with E-state index in [1.165, 1.54) is 11.8 Å². The maximum atomic E-state index is 13.8. The van der Waals surface area contributed by atoms with Crippen molar-refractivity contribution in [1.82, 2.24) is 4.90 Å². The number of amides is 1. The first-order valence-electron chi connectivity index (χ1n) is 15.1. The van der Waals surface area contributed by atoms with Gasteiger partial charge in [0.1, 0.15) is 18.1 Å². The summed E-state index contributed by atoms with van der Waals surface area (Å²) in [5.41, 5.74) is 13.0. The minimum atomic E-state index is -0.533. The molecule has 0 spiro atoms. The van der Waals surface area contributed by atoms with Crippen molar-refractivity contribution in [2.24, 2.45) is 5.11 Å². The Morgan fingerprint density at radius 2 is 1.49 bits per heavy atom. The Morgan fingerprint density at radius 1 is 0.911 bits per heavy atom. The molecule has 1 unspecified atom stereocenters. The van der Waals surface area contributed by atoms with E-state index in [0.29, 0.717) is 19.6 Å². The van der Waals surface area contributed by atoms with Crippen LogP contribution in [0, 0.1) is 6.92 Å². The number of hydrogen-bond acceptors (Lipinski definition) is 6. The van der Waals surface area contributed by atoms with Crippen LogP contribution in [0.3, 0.4) is 0 Å². The van der Waals surface area contributed by atoms with E-state index in [1.807, 2.05) is 129 Å². The maximum Gasteiger partial charge on any atom is 0.410 e. The third-order valence-electron chi connectivity index (χ3n) is 7.83. The zero-order valence-corrected chi connectivity index (χ0v) is 26.3. The molecule has 1 heterocycles. The fraction of sp³-hybridized carbons (Fsp3) is 0.306. The summed E-state index contributed by atoms with van der Waals surface area (Å²) < 4.78 is 19.2. The van der Waals surface area contributed by atoms with Crippen LogP contribution in [0.2, 0.25) is 0 Å². The smallest absolute Gasteiger partial charge is 0.410 e. The van der Waals surface area contributed by atoms with Crippen molar-refractivity contribution in [3.63, 3.8) is 0 Å². The number of benzene rings is 4. The molecule has 1 saturated heterocycles. The molecule has 0 radical (unpaired) electrons. The fourth-order valence-electron chi connectivity index (χ4n) is 5.34. The Morgan fingerprint density at radius 3 is 2.09 bits per heavy atom. The lowest BCUT2D eigenvalue weighted by Gasteiger charge is -2.44. The second-order valence-corrected chi connectivity index (χ2v) is 12.3. The predicted molar refractivity (Wildman–Crippen MR) is 176 cm³/mol. The molecule has 0 N–H and O–H groups in total. The number of carbonyl (C=O) groups excluding carboxylic acids is 1. The molecule has 1 aliphatic heterocycles. The topological polar surface area (TPSA) is 96.8 Å². The summed E-state index contributed by atoms with van der Waals surface area (Å²) in [4.78, 5) is 19.7. The van der Waals surface area contributed by atoms with Crippen LogP contribution in [-0.2, 0) is 34.0 Å². The Kier molecular flexibility index (Phi) is 11.5. The summed E-state index contributed by atoms with van der Waals surface area (Å²) >= 11 is 1.51. The highest BCUT2D eigenvalue weighted by Gasteiger charge is 2.44. The van der Waals surface area contributed by atoms with Gasteiger partial charge in [0.25, 0.3) is 0 Å². The number of rotatable bonds is 12. The molecule has 45 heavy (non-hydrogen) atoms. The molecule has 9 heteroatoms. The van der Waals surface area contributed by atoms with Gasteiger partial charge in [-0.05, 0) is 54.6 Å². The molecule has 1 aliphatic rings. The van der Waals surface area contributed by atoms with Gasteiger partial charge in [-0.25, -0.2) is 4.79 Å². The number of ether oxygens (including phenoxy) is 3. The third-order valence-corrected chi connectivity index (χ3v) is 9.03. The summed E-state index contributed by atoms with van der Waals surface area (Å²) in [5.74, 6) is 0. The highest BCUT2D eigenvalue weighted by molar-refractivity contribution is 7.99. The Bertz CT molecular complexity index is 1540. The zero-order valence-electron chi connectivity index (χ0n) is 25.5. The summed E-state index contributed by atoms with van der Waals surface area (Å²) in [6, 6.07) is 36.6. The largest absolute Gasteiger partial charge is 0.445 e. The maximum absolute atomic E-state index is 13.8. The first-order chi connectivity index (χ1) is 22.0.